The van der Waals surface area contributed by atoms with E-state index in [1.807, 2.05) is 56.3 Å². The summed E-state index contributed by atoms with van der Waals surface area (Å²) in [6.07, 6.45) is 1.86. The number of amides is 1. The minimum absolute atomic E-state index is 0.0403. The van der Waals surface area contributed by atoms with E-state index in [0.717, 1.165) is 22.4 Å². The van der Waals surface area contributed by atoms with Crippen molar-refractivity contribution < 1.29 is 9.90 Å². The highest BCUT2D eigenvalue weighted by Gasteiger charge is 2.07. The van der Waals surface area contributed by atoms with Crippen LogP contribution in [0.3, 0.4) is 0 Å². The lowest BCUT2D eigenvalue weighted by Crippen LogP contribution is -2.13. The van der Waals surface area contributed by atoms with Crippen molar-refractivity contribution in [2.75, 3.05) is 5.32 Å². The molecule has 0 radical (unpaired) electrons. The predicted molar refractivity (Wildman–Crippen MR) is 90.6 cm³/mol. The van der Waals surface area contributed by atoms with E-state index in [-0.39, 0.29) is 12.5 Å². The first-order valence-electron chi connectivity index (χ1n) is 7.26. The molecule has 2 N–H and O–H groups in total. The van der Waals surface area contributed by atoms with Crippen LogP contribution in [0.25, 0.3) is 6.08 Å². The standard InChI is InChI=1S/C19H21NO2/c1-13-4-7-16(8-5-13)10-15(3)19(22)20-18-11-17(12-21)9-6-14(18)2/h4-11,21H,12H2,1-3H3,(H,20,22)/b15-10-. The molecule has 0 bridgehead atoms. The van der Waals surface area contributed by atoms with Crippen LogP contribution in [0.1, 0.15) is 29.2 Å². The van der Waals surface area contributed by atoms with Gasteiger partial charge >= 0.3 is 0 Å². The highest BCUT2D eigenvalue weighted by Crippen LogP contribution is 2.18. The van der Waals surface area contributed by atoms with Crippen molar-refractivity contribution in [3.8, 4) is 0 Å². The molecule has 0 unspecified atom stereocenters. The Balaban J connectivity index is 2.16. The second kappa shape index (κ2) is 7.05. The van der Waals surface area contributed by atoms with Crippen molar-refractivity contribution in [2.45, 2.75) is 27.4 Å². The molecule has 0 saturated carbocycles. The van der Waals surface area contributed by atoms with Gasteiger partial charge in [0.2, 0.25) is 0 Å². The highest BCUT2D eigenvalue weighted by atomic mass is 16.3. The second-order valence-corrected chi connectivity index (χ2v) is 5.50. The van der Waals surface area contributed by atoms with Gasteiger partial charge in [-0.3, -0.25) is 4.79 Å². The first-order chi connectivity index (χ1) is 10.5. The fourth-order valence-electron chi connectivity index (χ4n) is 2.10. The topological polar surface area (TPSA) is 49.3 Å². The number of carbonyl (C=O) groups is 1. The summed E-state index contributed by atoms with van der Waals surface area (Å²) in [7, 11) is 0. The van der Waals surface area contributed by atoms with E-state index in [4.69, 9.17) is 0 Å². The Morgan fingerprint density at radius 2 is 1.82 bits per heavy atom. The zero-order valence-electron chi connectivity index (χ0n) is 13.2. The van der Waals surface area contributed by atoms with E-state index in [2.05, 4.69) is 5.32 Å². The molecule has 0 aliphatic carbocycles. The lowest BCUT2D eigenvalue weighted by atomic mass is 10.1. The fraction of sp³-hybridized carbons (Fsp3) is 0.211. The van der Waals surface area contributed by atoms with Crippen molar-refractivity contribution in [3.63, 3.8) is 0 Å². The third kappa shape index (κ3) is 4.06. The average Bonchev–Trinajstić information content (AvgIpc) is 2.51. The summed E-state index contributed by atoms with van der Waals surface area (Å²) >= 11 is 0. The van der Waals surface area contributed by atoms with Gasteiger partial charge in [-0.05, 0) is 49.6 Å². The Hall–Kier alpha value is -2.39. The Labute approximate surface area is 131 Å². The van der Waals surface area contributed by atoms with Crippen molar-refractivity contribution in [2.24, 2.45) is 0 Å². The summed E-state index contributed by atoms with van der Waals surface area (Å²) in [4.78, 5) is 12.3. The SMILES string of the molecule is C/C(=C/c1ccc(C)cc1)C(=O)Nc1cc(CO)ccc1C. The van der Waals surface area contributed by atoms with E-state index >= 15 is 0 Å². The molecule has 0 atom stereocenters. The molecule has 22 heavy (non-hydrogen) atoms. The number of hydrogen-bond donors (Lipinski definition) is 2. The molecule has 1 amide bonds. The van der Waals surface area contributed by atoms with Crippen molar-refractivity contribution in [1.29, 1.82) is 0 Å². The van der Waals surface area contributed by atoms with Gasteiger partial charge in [-0.1, -0.05) is 42.0 Å². The number of anilines is 1. The number of rotatable bonds is 4. The molecule has 0 saturated heterocycles. The van der Waals surface area contributed by atoms with Crippen LogP contribution >= 0.6 is 0 Å². The number of aliphatic hydroxyl groups is 1. The second-order valence-electron chi connectivity index (χ2n) is 5.50. The van der Waals surface area contributed by atoms with Gasteiger partial charge < -0.3 is 10.4 Å². The predicted octanol–water partition coefficient (Wildman–Crippen LogP) is 3.84. The molecule has 3 heteroatoms. The number of aryl methyl sites for hydroxylation is 2. The highest BCUT2D eigenvalue weighted by molar-refractivity contribution is 6.06. The van der Waals surface area contributed by atoms with Gasteiger partial charge in [0, 0.05) is 11.3 Å². The molecular weight excluding hydrogens is 274 g/mol. The summed E-state index contributed by atoms with van der Waals surface area (Å²) < 4.78 is 0. The summed E-state index contributed by atoms with van der Waals surface area (Å²) in [6.45, 7) is 5.71. The Morgan fingerprint density at radius 3 is 2.45 bits per heavy atom. The molecule has 3 nitrogen and oxygen atoms in total. The van der Waals surface area contributed by atoms with Crippen LogP contribution in [0.5, 0.6) is 0 Å². The largest absolute Gasteiger partial charge is 0.392 e. The summed E-state index contributed by atoms with van der Waals surface area (Å²) in [5, 5.41) is 12.1. The summed E-state index contributed by atoms with van der Waals surface area (Å²) in [5.74, 6) is -0.140. The van der Waals surface area contributed by atoms with Crippen molar-refractivity contribution >= 4 is 17.7 Å². The van der Waals surface area contributed by atoms with Gasteiger partial charge in [0.15, 0.2) is 0 Å². The zero-order chi connectivity index (χ0) is 16.1. The lowest BCUT2D eigenvalue weighted by molar-refractivity contribution is -0.112. The van der Waals surface area contributed by atoms with Gasteiger partial charge in [-0.25, -0.2) is 0 Å². The number of hydrogen-bond acceptors (Lipinski definition) is 2. The van der Waals surface area contributed by atoms with Gasteiger partial charge in [0.1, 0.15) is 0 Å². The summed E-state index contributed by atoms with van der Waals surface area (Å²) in [6, 6.07) is 13.6. The number of aliphatic hydroxyl groups excluding tert-OH is 1. The van der Waals surface area contributed by atoms with Gasteiger partial charge in [0.05, 0.1) is 6.61 Å². The molecule has 2 aromatic carbocycles. The maximum atomic E-state index is 12.3. The van der Waals surface area contributed by atoms with Gasteiger partial charge in [0.25, 0.3) is 5.91 Å². The minimum atomic E-state index is -0.140. The normalized spacial score (nSPS) is 11.4. The Kier molecular flexibility index (Phi) is 5.12. The maximum Gasteiger partial charge on any atom is 0.251 e. The molecule has 0 fully saturated rings. The third-order valence-corrected chi connectivity index (χ3v) is 3.55. The quantitative estimate of drug-likeness (QED) is 0.842. The van der Waals surface area contributed by atoms with E-state index in [0.29, 0.717) is 5.57 Å². The van der Waals surface area contributed by atoms with E-state index in [1.54, 1.807) is 13.0 Å². The molecule has 0 heterocycles. The molecule has 0 aliphatic rings. The van der Waals surface area contributed by atoms with Gasteiger partial charge in [-0.2, -0.15) is 0 Å². The van der Waals surface area contributed by atoms with E-state index < -0.39 is 0 Å². The molecule has 2 aromatic rings. The first-order valence-corrected chi connectivity index (χ1v) is 7.26. The molecule has 114 valence electrons. The summed E-state index contributed by atoms with van der Waals surface area (Å²) in [5.41, 5.74) is 5.30. The molecule has 2 rings (SSSR count). The van der Waals surface area contributed by atoms with Crippen LogP contribution in [0.15, 0.2) is 48.0 Å². The smallest absolute Gasteiger partial charge is 0.251 e. The fourth-order valence-corrected chi connectivity index (χ4v) is 2.10. The van der Waals surface area contributed by atoms with Crippen LogP contribution in [-0.2, 0) is 11.4 Å². The Bertz CT molecular complexity index is 700. The molecule has 0 aromatic heterocycles. The zero-order valence-corrected chi connectivity index (χ0v) is 13.2. The van der Waals surface area contributed by atoms with Crippen LogP contribution in [-0.4, -0.2) is 11.0 Å². The third-order valence-electron chi connectivity index (χ3n) is 3.55. The van der Waals surface area contributed by atoms with Crippen molar-refractivity contribution in [1.82, 2.24) is 0 Å². The average molecular weight is 295 g/mol. The van der Waals surface area contributed by atoms with Crippen LogP contribution in [0.4, 0.5) is 5.69 Å². The Morgan fingerprint density at radius 1 is 1.14 bits per heavy atom. The lowest BCUT2D eigenvalue weighted by Gasteiger charge is -2.10. The van der Waals surface area contributed by atoms with E-state index in [1.165, 1.54) is 5.56 Å². The number of benzene rings is 2. The monoisotopic (exact) mass is 295 g/mol. The molecule has 0 aliphatic heterocycles. The molecule has 0 spiro atoms. The molecular formula is C19H21NO2. The van der Waals surface area contributed by atoms with Crippen LogP contribution in [0, 0.1) is 13.8 Å². The van der Waals surface area contributed by atoms with Gasteiger partial charge in [-0.15, -0.1) is 0 Å². The maximum absolute atomic E-state index is 12.3. The van der Waals surface area contributed by atoms with Crippen LogP contribution in [0.2, 0.25) is 0 Å². The first kappa shape index (κ1) is 16.0. The number of carbonyl (C=O) groups excluding carboxylic acids is 1. The minimum Gasteiger partial charge on any atom is -0.392 e. The number of nitrogens with one attached hydrogen (secondary N) is 1. The van der Waals surface area contributed by atoms with E-state index in [9.17, 15) is 9.90 Å². The van der Waals surface area contributed by atoms with Crippen molar-refractivity contribution in [3.05, 3.63) is 70.3 Å². The van der Waals surface area contributed by atoms with Crippen LogP contribution < -0.4 is 5.32 Å².